The van der Waals surface area contributed by atoms with E-state index in [9.17, 15) is 4.79 Å². The number of nitrogens with zero attached hydrogens (tertiary/aromatic N) is 3. The van der Waals surface area contributed by atoms with E-state index in [1.54, 1.807) is 11.3 Å². The molecule has 2 N–H and O–H groups in total. The number of hydrogen-bond acceptors (Lipinski definition) is 6. The maximum absolute atomic E-state index is 12.2. The summed E-state index contributed by atoms with van der Waals surface area (Å²) in [5, 5.41) is 13.1. The van der Waals surface area contributed by atoms with E-state index in [0.717, 1.165) is 57.9 Å². The van der Waals surface area contributed by atoms with E-state index in [-0.39, 0.29) is 5.56 Å². The molecule has 0 aliphatic rings. The van der Waals surface area contributed by atoms with Gasteiger partial charge < -0.3 is 5.32 Å². The molecule has 0 aromatic carbocycles. The SMILES string of the molecule is CCc1nc(NCc2c(CC)c(CC)n[nH]c2=O)c2ccsc2n1. The van der Waals surface area contributed by atoms with Gasteiger partial charge in [-0.05, 0) is 29.9 Å². The van der Waals surface area contributed by atoms with E-state index in [0.29, 0.717) is 6.54 Å². The first-order valence-corrected chi connectivity index (χ1v) is 9.13. The quantitative estimate of drug-likeness (QED) is 0.718. The number of H-pyrrole nitrogens is 1. The summed E-state index contributed by atoms with van der Waals surface area (Å²) in [7, 11) is 0. The zero-order valence-corrected chi connectivity index (χ0v) is 15.0. The lowest BCUT2D eigenvalue weighted by atomic mass is 10.0. The van der Waals surface area contributed by atoms with Crippen LogP contribution in [0.15, 0.2) is 16.2 Å². The zero-order valence-electron chi connectivity index (χ0n) is 14.1. The molecule has 0 radical (unpaired) electrons. The first-order valence-electron chi connectivity index (χ1n) is 8.25. The number of nitrogens with one attached hydrogen (secondary N) is 2. The molecular formula is C17H21N5OS. The van der Waals surface area contributed by atoms with Crippen LogP contribution in [0.2, 0.25) is 0 Å². The first kappa shape index (κ1) is 16.6. The van der Waals surface area contributed by atoms with Gasteiger partial charge in [0.25, 0.3) is 5.56 Å². The average Bonchev–Trinajstić information content (AvgIpc) is 3.08. The van der Waals surface area contributed by atoms with E-state index in [1.807, 2.05) is 25.3 Å². The van der Waals surface area contributed by atoms with Gasteiger partial charge in [0.15, 0.2) is 0 Å². The number of anilines is 1. The van der Waals surface area contributed by atoms with Crippen molar-refractivity contribution >= 4 is 27.4 Å². The number of fused-ring (bicyclic) bond motifs is 1. The Morgan fingerprint density at radius 2 is 1.96 bits per heavy atom. The molecule has 0 saturated carbocycles. The minimum atomic E-state index is -0.136. The van der Waals surface area contributed by atoms with Crippen molar-refractivity contribution in [2.24, 2.45) is 0 Å². The summed E-state index contributed by atoms with van der Waals surface area (Å²) < 4.78 is 0. The van der Waals surface area contributed by atoms with Gasteiger partial charge in [-0.3, -0.25) is 4.79 Å². The molecule has 0 aliphatic carbocycles. The third-order valence-corrected chi connectivity index (χ3v) is 4.89. The molecule has 0 saturated heterocycles. The van der Waals surface area contributed by atoms with Gasteiger partial charge in [-0.1, -0.05) is 20.8 Å². The average molecular weight is 343 g/mol. The van der Waals surface area contributed by atoms with Crippen LogP contribution in [-0.2, 0) is 25.8 Å². The summed E-state index contributed by atoms with van der Waals surface area (Å²) in [6, 6.07) is 2.01. The van der Waals surface area contributed by atoms with Crippen LogP contribution in [0.5, 0.6) is 0 Å². The highest BCUT2D eigenvalue weighted by molar-refractivity contribution is 7.16. The molecule has 0 unspecified atom stereocenters. The molecule has 0 aliphatic heterocycles. The monoisotopic (exact) mass is 343 g/mol. The van der Waals surface area contributed by atoms with E-state index < -0.39 is 0 Å². The summed E-state index contributed by atoms with van der Waals surface area (Å²) >= 11 is 1.60. The minimum Gasteiger partial charge on any atom is -0.365 e. The molecule has 0 atom stereocenters. The van der Waals surface area contributed by atoms with Gasteiger partial charge >= 0.3 is 0 Å². The molecule has 0 spiro atoms. The van der Waals surface area contributed by atoms with Crippen LogP contribution in [0.25, 0.3) is 10.2 Å². The Hall–Kier alpha value is -2.28. The van der Waals surface area contributed by atoms with Crippen LogP contribution in [-0.4, -0.2) is 20.2 Å². The predicted molar refractivity (Wildman–Crippen MR) is 97.7 cm³/mol. The molecule has 3 rings (SSSR count). The van der Waals surface area contributed by atoms with Gasteiger partial charge in [-0.15, -0.1) is 11.3 Å². The number of aromatic amines is 1. The molecule has 126 valence electrons. The summed E-state index contributed by atoms with van der Waals surface area (Å²) in [6.45, 7) is 6.56. The van der Waals surface area contributed by atoms with Crippen LogP contribution in [0.3, 0.4) is 0 Å². The molecule has 0 fully saturated rings. The third-order valence-electron chi connectivity index (χ3n) is 4.09. The lowest BCUT2D eigenvalue weighted by molar-refractivity contribution is 0.825. The van der Waals surface area contributed by atoms with Gasteiger partial charge in [0.1, 0.15) is 16.5 Å². The molecule has 6 nitrogen and oxygen atoms in total. The second-order valence-electron chi connectivity index (χ2n) is 5.50. The summed E-state index contributed by atoms with van der Waals surface area (Å²) in [5.74, 6) is 1.59. The molecule has 3 aromatic heterocycles. The molecule has 3 heterocycles. The van der Waals surface area contributed by atoms with Crippen molar-refractivity contribution in [3.8, 4) is 0 Å². The molecule has 24 heavy (non-hydrogen) atoms. The minimum absolute atomic E-state index is 0.136. The maximum Gasteiger partial charge on any atom is 0.269 e. The molecule has 7 heteroatoms. The van der Waals surface area contributed by atoms with Gasteiger partial charge in [0.05, 0.1) is 11.1 Å². The molecule has 3 aromatic rings. The Bertz CT molecular complexity index is 915. The summed E-state index contributed by atoms with van der Waals surface area (Å²) in [4.78, 5) is 22.3. The largest absolute Gasteiger partial charge is 0.365 e. The van der Waals surface area contributed by atoms with Crippen LogP contribution in [0, 0.1) is 0 Å². The second-order valence-corrected chi connectivity index (χ2v) is 6.39. The van der Waals surface area contributed by atoms with E-state index in [1.165, 1.54) is 0 Å². The van der Waals surface area contributed by atoms with Crippen molar-refractivity contribution in [3.05, 3.63) is 44.4 Å². The highest BCUT2D eigenvalue weighted by Gasteiger charge is 2.13. The standard InChI is InChI=1S/C17H21N5OS/c1-4-10-12(16(23)22-21-13(10)5-2)9-18-15-11-7-8-24-17(11)20-14(6-3)19-15/h7-8H,4-6,9H2,1-3H3,(H,22,23)(H,18,19,20). The van der Waals surface area contributed by atoms with Crippen LogP contribution >= 0.6 is 11.3 Å². The van der Waals surface area contributed by atoms with Crippen molar-refractivity contribution in [3.63, 3.8) is 0 Å². The number of hydrogen-bond donors (Lipinski definition) is 2. The Kier molecular flexibility index (Phi) is 4.89. The summed E-state index contributed by atoms with van der Waals surface area (Å²) in [6.07, 6.45) is 2.36. The van der Waals surface area contributed by atoms with E-state index in [4.69, 9.17) is 0 Å². The van der Waals surface area contributed by atoms with Gasteiger partial charge in [0, 0.05) is 18.5 Å². The van der Waals surface area contributed by atoms with Crippen molar-refractivity contribution in [2.75, 3.05) is 5.32 Å². The van der Waals surface area contributed by atoms with E-state index >= 15 is 0 Å². The maximum atomic E-state index is 12.2. The Balaban J connectivity index is 1.97. The zero-order chi connectivity index (χ0) is 17.1. The highest BCUT2D eigenvalue weighted by Crippen LogP contribution is 2.25. The number of aromatic nitrogens is 4. The molecular weight excluding hydrogens is 322 g/mol. The first-order chi connectivity index (χ1) is 11.7. The number of thiophene rings is 1. The number of rotatable bonds is 6. The Morgan fingerprint density at radius 3 is 2.67 bits per heavy atom. The Morgan fingerprint density at radius 1 is 1.12 bits per heavy atom. The fourth-order valence-corrected chi connectivity index (χ4v) is 3.61. The molecule has 0 bridgehead atoms. The Labute approximate surface area is 144 Å². The normalized spacial score (nSPS) is 11.1. The third kappa shape index (κ3) is 3.03. The fraction of sp³-hybridized carbons (Fsp3) is 0.412. The van der Waals surface area contributed by atoms with Gasteiger partial charge in [0.2, 0.25) is 0 Å². The van der Waals surface area contributed by atoms with Crippen molar-refractivity contribution in [2.45, 2.75) is 46.6 Å². The van der Waals surface area contributed by atoms with Crippen LogP contribution in [0.4, 0.5) is 5.82 Å². The molecule has 0 amide bonds. The van der Waals surface area contributed by atoms with Crippen molar-refractivity contribution in [1.29, 1.82) is 0 Å². The van der Waals surface area contributed by atoms with Gasteiger partial charge in [-0.25, -0.2) is 15.1 Å². The predicted octanol–water partition coefficient (Wildman–Crippen LogP) is 3.07. The lowest BCUT2D eigenvalue weighted by Gasteiger charge is -2.12. The number of aryl methyl sites for hydroxylation is 2. The lowest BCUT2D eigenvalue weighted by Crippen LogP contribution is -2.22. The second kappa shape index (κ2) is 7.09. The summed E-state index contributed by atoms with van der Waals surface area (Å²) in [5.41, 5.74) is 2.58. The smallest absolute Gasteiger partial charge is 0.269 e. The van der Waals surface area contributed by atoms with Crippen molar-refractivity contribution in [1.82, 2.24) is 20.2 Å². The van der Waals surface area contributed by atoms with Crippen molar-refractivity contribution < 1.29 is 0 Å². The van der Waals surface area contributed by atoms with E-state index in [2.05, 4.69) is 32.4 Å². The van der Waals surface area contributed by atoms with Crippen LogP contribution in [0.1, 0.15) is 43.4 Å². The fourth-order valence-electron chi connectivity index (χ4n) is 2.83. The van der Waals surface area contributed by atoms with Gasteiger partial charge in [-0.2, -0.15) is 5.10 Å². The van der Waals surface area contributed by atoms with Crippen LogP contribution < -0.4 is 10.9 Å². The highest BCUT2D eigenvalue weighted by atomic mass is 32.1. The topological polar surface area (TPSA) is 83.6 Å².